The Kier molecular flexibility index (Phi) is 4.92. The summed E-state index contributed by atoms with van der Waals surface area (Å²) >= 11 is 5.69. The molecule has 11 heteroatoms. The third-order valence-corrected chi connectivity index (χ3v) is 4.18. The number of methoxy groups -OCH3 is 1. The maximum atomic E-state index is 14.4. The van der Waals surface area contributed by atoms with E-state index in [4.69, 9.17) is 16.3 Å². The van der Waals surface area contributed by atoms with Crippen molar-refractivity contribution in [1.29, 1.82) is 0 Å². The second-order valence-corrected chi connectivity index (χ2v) is 6.06. The Hall–Kier alpha value is -2.88. The van der Waals surface area contributed by atoms with E-state index >= 15 is 0 Å². The van der Waals surface area contributed by atoms with E-state index in [1.807, 2.05) is 0 Å². The van der Waals surface area contributed by atoms with E-state index in [0.717, 1.165) is 28.9 Å². The third-order valence-electron chi connectivity index (χ3n) is 3.97. The molecule has 0 unspecified atom stereocenters. The van der Waals surface area contributed by atoms with Gasteiger partial charge in [0.2, 0.25) is 0 Å². The molecule has 0 aliphatic carbocycles. The summed E-state index contributed by atoms with van der Waals surface area (Å²) in [5.41, 5.74) is -3.11. The fraction of sp³-hybridized carbons (Fsp3) is 0.176. The number of aromatic nitrogens is 3. The molecule has 0 bridgehead atoms. The lowest BCUT2D eigenvalue weighted by atomic mass is 10.1. The average Bonchev–Trinajstić information content (AvgIpc) is 2.87. The smallest absolute Gasteiger partial charge is 0.420 e. The molecule has 0 spiro atoms. The number of halogens is 6. The predicted octanol–water partition coefficient (Wildman–Crippen LogP) is 4.20. The molecule has 0 fully saturated rings. The van der Waals surface area contributed by atoms with Crippen LogP contribution in [0.25, 0.3) is 17.1 Å². The lowest BCUT2D eigenvalue weighted by molar-refractivity contribution is -0.137. The van der Waals surface area contributed by atoms with E-state index in [-0.39, 0.29) is 16.6 Å². The number of rotatable bonds is 3. The van der Waals surface area contributed by atoms with Crippen LogP contribution in [0.15, 0.2) is 35.1 Å². The lowest BCUT2D eigenvalue weighted by Gasteiger charge is -2.16. The first-order valence-corrected chi connectivity index (χ1v) is 7.99. The van der Waals surface area contributed by atoms with Crippen LogP contribution in [0.3, 0.4) is 0 Å². The zero-order chi connectivity index (χ0) is 20.8. The summed E-state index contributed by atoms with van der Waals surface area (Å²) in [6.45, 7) is 0. The molecule has 0 radical (unpaired) electrons. The van der Waals surface area contributed by atoms with E-state index < -0.39 is 40.3 Å². The highest BCUT2D eigenvalue weighted by molar-refractivity contribution is 6.29. The van der Waals surface area contributed by atoms with Gasteiger partial charge in [0.05, 0.1) is 18.4 Å². The van der Waals surface area contributed by atoms with Gasteiger partial charge in [0, 0.05) is 25.2 Å². The highest BCUT2D eigenvalue weighted by Gasteiger charge is 2.36. The van der Waals surface area contributed by atoms with Gasteiger partial charge in [0.1, 0.15) is 28.1 Å². The molecule has 0 atom stereocenters. The zero-order valence-corrected chi connectivity index (χ0v) is 15.1. The van der Waals surface area contributed by atoms with E-state index in [1.54, 1.807) is 0 Å². The summed E-state index contributed by atoms with van der Waals surface area (Å²) in [7, 11) is 2.38. The van der Waals surface area contributed by atoms with Crippen molar-refractivity contribution in [3.8, 4) is 22.8 Å². The van der Waals surface area contributed by atoms with Crippen LogP contribution in [-0.2, 0) is 13.2 Å². The highest BCUT2D eigenvalue weighted by atomic mass is 35.5. The van der Waals surface area contributed by atoms with Crippen molar-refractivity contribution in [2.24, 2.45) is 7.05 Å². The number of pyridine rings is 1. The molecular formula is C17H11ClF5N3O2. The van der Waals surface area contributed by atoms with E-state index in [0.29, 0.717) is 10.7 Å². The minimum atomic E-state index is -4.84. The Morgan fingerprint density at radius 3 is 2.25 bits per heavy atom. The first-order chi connectivity index (χ1) is 13.0. The first kappa shape index (κ1) is 19.9. The van der Waals surface area contributed by atoms with Crippen molar-refractivity contribution in [2.45, 2.75) is 6.18 Å². The Labute approximate surface area is 159 Å². The van der Waals surface area contributed by atoms with Crippen LogP contribution >= 0.6 is 11.6 Å². The summed E-state index contributed by atoms with van der Waals surface area (Å²) in [5.74, 6) is -3.02. The van der Waals surface area contributed by atoms with Gasteiger partial charge >= 0.3 is 6.18 Å². The van der Waals surface area contributed by atoms with Gasteiger partial charge in [-0.2, -0.15) is 17.9 Å². The van der Waals surface area contributed by atoms with Crippen LogP contribution in [0.5, 0.6) is 5.75 Å². The molecule has 0 amide bonds. The summed E-state index contributed by atoms with van der Waals surface area (Å²) in [6, 6.07) is 4.17. The van der Waals surface area contributed by atoms with Crippen LogP contribution in [0.4, 0.5) is 22.0 Å². The van der Waals surface area contributed by atoms with Gasteiger partial charge < -0.3 is 4.74 Å². The number of alkyl halides is 3. The van der Waals surface area contributed by atoms with Crippen molar-refractivity contribution < 1.29 is 26.7 Å². The van der Waals surface area contributed by atoms with Crippen LogP contribution in [-0.4, -0.2) is 21.5 Å². The van der Waals surface area contributed by atoms with Gasteiger partial charge in [-0.3, -0.25) is 9.48 Å². The predicted molar refractivity (Wildman–Crippen MR) is 90.7 cm³/mol. The fourth-order valence-electron chi connectivity index (χ4n) is 2.73. The first-order valence-electron chi connectivity index (χ1n) is 7.61. The number of hydrogen-bond donors (Lipinski definition) is 0. The number of benzene rings is 1. The van der Waals surface area contributed by atoms with Crippen LogP contribution < -0.4 is 10.3 Å². The molecule has 2 aromatic heterocycles. The number of ether oxygens (including phenoxy) is 1. The van der Waals surface area contributed by atoms with E-state index in [2.05, 4.69) is 4.98 Å². The van der Waals surface area contributed by atoms with Crippen molar-refractivity contribution in [1.82, 2.24) is 14.3 Å². The van der Waals surface area contributed by atoms with Crippen LogP contribution in [0, 0.1) is 11.6 Å². The molecule has 3 rings (SSSR count). The molecule has 3 aromatic rings. The Morgan fingerprint density at radius 1 is 1.11 bits per heavy atom. The fourth-order valence-corrected chi connectivity index (χ4v) is 2.87. The Morgan fingerprint density at radius 2 is 1.71 bits per heavy atom. The SMILES string of the molecule is COc1cc(F)c(-c2cc(=O)n(-c3nc(Cl)ccc3C(F)(F)F)n2C)c(F)c1. The summed E-state index contributed by atoms with van der Waals surface area (Å²) in [4.78, 5) is 16.0. The highest BCUT2D eigenvalue weighted by Crippen LogP contribution is 2.34. The second-order valence-electron chi connectivity index (χ2n) is 5.67. The monoisotopic (exact) mass is 419 g/mol. The third kappa shape index (κ3) is 3.35. The minimum absolute atomic E-state index is 0.0981. The van der Waals surface area contributed by atoms with Crippen molar-refractivity contribution >= 4 is 11.6 Å². The second kappa shape index (κ2) is 6.93. The van der Waals surface area contributed by atoms with Crippen molar-refractivity contribution in [3.05, 3.63) is 63.0 Å². The van der Waals surface area contributed by atoms with Crippen molar-refractivity contribution in [2.75, 3.05) is 7.11 Å². The maximum absolute atomic E-state index is 14.4. The topological polar surface area (TPSA) is 49.1 Å². The minimum Gasteiger partial charge on any atom is -0.497 e. The molecule has 0 saturated carbocycles. The number of nitrogens with zero attached hydrogens (tertiary/aromatic N) is 3. The average molecular weight is 420 g/mol. The molecule has 0 saturated heterocycles. The van der Waals surface area contributed by atoms with Gasteiger partial charge in [-0.1, -0.05) is 11.6 Å². The molecular weight excluding hydrogens is 409 g/mol. The van der Waals surface area contributed by atoms with Gasteiger partial charge in [-0.05, 0) is 12.1 Å². The molecule has 1 aromatic carbocycles. The quantitative estimate of drug-likeness (QED) is 0.472. The lowest BCUT2D eigenvalue weighted by Crippen LogP contribution is -2.24. The normalized spacial score (nSPS) is 11.7. The molecule has 0 N–H and O–H groups in total. The zero-order valence-electron chi connectivity index (χ0n) is 14.3. The van der Waals surface area contributed by atoms with Crippen LogP contribution in [0.2, 0.25) is 5.15 Å². The Balaban J connectivity index is 2.30. The van der Waals surface area contributed by atoms with Gasteiger partial charge in [0.15, 0.2) is 5.82 Å². The van der Waals surface area contributed by atoms with E-state index in [1.165, 1.54) is 14.2 Å². The molecule has 5 nitrogen and oxygen atoms in total. The molecule has 0 aliphatic heterocycles. The van der Waals surface area contributed by atoms with Crippen molar-refractivity contribution in [3.63, 3.8) is 0 Å². The molecule has 2 heterocycles. The number of hydrogen-bond acceptors (Lipinski definition) is 3. The maximum Gasteiger partial charge on any atom is 0.420 e. The van der Waals surface area contributed by atoms with Gasteiger partial charge in [0.25, 0.3) is 5.56 Å². The van der Waals surface area contributed by atoms with Gasteiger partial charge in [-0.15, -0.1) is 0 Å². The Bertz CT molecular complexity index is 1100. The summed E-state index contributed by atoms with van der Waals surface area (Å²) in [6.07, 6.45) is -4.84. The van der Waals surface area contributed by atoms with Crippen LogP contribution in [0.1, 0.15) is 5.56 Å². The molecule has 28 heavy (non-hydrogen) atoms. The summed E-state index contributed by atoms with van der Waals surface area (Å²) < 4.78 is 74.9. The van der Waals surface area contributed by atoms with Gasteiger partial charge in [-0.25, -0.2) is 13.8 Å². The standard InChI is InChI=1S/C17H11ClF5N3O2/c1-25-12(15-10(19)5-8(28-2)6-11(15)20)7-14(27)26(25)16-9(17(21,22)23)3-4-13(18)24-16/h3-7H,1-2H3. The summed E-state index contributed by atoms with van der Waals surface area (Å²) in [5, 5.41) is -0.292. The van der Waals surface area contributed by atoms with E-state index in [9.17, 15) is 26.7 Å². The largest absolute Gasteiger partial charge is 0.497 e. The molecule has 148 valence electrons. The molecule has 0 aliphatic rings.